The molecule has 5 nitrogen and oxygen atoms in total. The predicted octanol–water partition coefficient (Wildman–Crippen LogP) is 1.62. The zero-order valence-corrected chi connectivity index (χ0v) is 14.6. The summed E-state index contributed by atoms with van der Waals surface area (Å²) in [4.78, 5) is 9.78. The lowest BCUT2D eigenvalue weighted by atomic mass is 9.89. The van der Waals surface area contributed by atoms with Gasteiger partial charge in [0.1, 0.15) is 5.01 Å². The van der Waals surface area contributed by atoms with E-state index in [1.165, 1.54) is 5.01 Å². The quantitative estimate of drug-likeness (QED) is 0.794. The molecule has 0 unspecified atom stereocenters. The number of rotatable bonds is 6. The molecule has 2 saturated heterocycles. The number of aromatic nitrogens is 1. The van der Waals surface area contributed by atoms with Crippen LogP contribution in [0.3, 0.4) is 0 Å². The van der Waals surface area contributed by atoms with Gasteiger partial charge in [-0.05, 0) is 13.3 Å². The van der Waals surface area contributed by atoms with Crippen molar-refractivity contribution in [1.82, 2.24) is 14.8 Å². The van der Waals surface area contributed by atoms with E-state index in [0.29, 0.717) is 18.1 Å². The number of piperidine rings is 1. The molecule has 3 rings (SSSR count). The normalized spacial score (nSPS) is 29.9. The summed E-state index contributed by atoms with van der Waals surface area (Å²) in [5, 5.41) is 3.39. The van der Waals surface area contributed by atoms with Crippen LogP contribution in [0.5, 0.6) is 0 Å². The van der Waals surface area contributed by atoms with Crippen molar-refractivity contribution in [3.8, 4) is 0 Å². The maximum atomic E-state index is 5.76. The molecule has 2 aliphatic heterocycles. The molecule has 3 heterocycles. The van der Waals surface area contributed by atoms with E-state index in [2.05, 4.69) is 27.1 Å². The van der Waals surface area contributed by atoms with E-state index in [-0.39, 0.29) is 0 Å². The van der Waals surface area contributed by atoms with Gasteiger partial charge in [0.05, 0.1) is 19.3 Å². The van der Waals surface area contributed by atoms with Crippen molar-refractivity contribution >= 4 is 11.3 Å². The Balaban J connectivity index is 1.67. The van der Waals surface area contributed by atoms with Crippen LogP contribution in [0, 0.1) is 12.8 Å². The van der Waals surface area contributed by atoms with Crippen LogP contribution in [0.4, 0.5) is 0 Å². The van der Waals surface area contributed by atoms with Gasteiger partial charge < -0.3 is 9.47 Å². The summed E-state index contributed by atoms with van der Waals surface area (Å²) in [5.41, 5.74) is 1.14. The second-order valence-corrected chi connectivity index (χ2v) is 7.34. The Bertz CT molecular complexity index is 482. The second kappa shape index (κ2) is 7.36. The molecule has 1 aromatic heterocycles. The van der Waals surface area contributed by atoms with Crippen molar-refractivity contribution in [3.63, 3.8) is 0 Å². The van der Waals surface area contributed by atoms with Crippen LogP contribution in [0.1, 0.15) is 17.1 Å². The smallest absolute Gasteiger partial charge is 0.107 e. The standard InChI is InChI=1S/C16H27N3O2S/c1-12-11-22-16(17-12)10-19-5-4-15(21-3)13-8-18(6-7-20-2)9-14(13)19/h11,13-15H,4-10H2,1-3H3/t13-,14+,15-/m0/s1. The number of methoxy groups -OCH3 is 2. The third-order valence-corrected chi connectivity index (χ3v) is 5.93. The number of likely N-dealkylation sites (tertiary alicyclic amines) is 2. The maximum Gasteiger partial charge on any atom is 0.107 e. The van der Waals surface area contributed by atoms with E-state index >= 15 is 0 Å². The van der Waals surface area contributed by atoms with Crippen LogP contribution >= 0.6 is 11.3 Å². The molecule has 6 heteroatoms. The Morgan fingerprint density at radius 3 is 2.91 bits per heavy atom. The summed E-state index contributed by atoms with van der Waals surface area (Å²) in [5.74, 6) is 0.608. The minimum atomic E-state index is 0.395. The first kappa shape index (κ1) is 16.3. The van der Waals surface area contributed by atoms with Gasteiger partial charge in [0.2, 0.25) is 0 Å². The number of nitrogens with zero attached hydrogens (tertiary/aromatic N) is 3. The summed E-state index contributed by atoms with van der Waals surface area (Å²) in [7, 11) is 3.64. The first-order valence-electron chi connectivity index (χ1n) is 8.10. The van der Waals surface area contributed by atoms with Crippen molar-refractivity contribution in [2.24, 2.45) is 5.92 Å². The summed E-state index contributed by atoms with van der Waals surface area (Å²) >= 11 is 1.78. The van der Waals surface area contributed by atoms with Crippen LogP contribution in [0.2, 0.25) is 0 Å². The summed E-state index contributed by atoms with van der Waals surface area (Å²) in [6.07, 6.45) is 1.52. The molecule has 2 fully saturated rings. The van der Waals surface area contributed by atoms with Crippen molar-refractivity contribution in [2.45, 2.75) is 32.0 Å². The fraction of sp³-hybridized carbons (Fsp3) is 0.812. The predicted molar refractivity (Wildman–Crippen MR) is 88.3 cm³/mol. The molecule has 22 heavy (non-hydrogen) atoms. The topological polar surface area (TPSA) is 37.8 Å². The van der Waals surface area contributed by atoms with E-state index in [0.717, 1.165) is 51.4 Å². The third-order valence-electron chi connectivity index (χ3n) is 4.98. The number of thiazole rings is 1. The monoisotopic (exact) mass is 325 g/mol. The van der Waals surface area contributed by atoms with Gasteiger partial charge >= 0.3 is 0 Å². The summed E-state index contributed by atoms with van der Waals surface area (Å²) in [6.45, 7) is 8.23. The van der Waals surface area contributed by atoms with E-state index in [9.17, 15) is 0 Å². The number of hydrogen-bond donors (Lipinski definition) is 0. The maximum absolute atomic E-state index is 5.76. The van der Waals surface area contributed by atoms with E-state index < -0.39 is 0 Å². The third kappa shape index (κ3) is 3.51. The minimum Gasteiger partial charge on any atom is -0.383 e. The zero-order valence-electron chi connectivity index (χ0n) is 13.8. The van der Waals surface area contributed by atoms with Crippen LogP contribution in [0.15, 0.2) is 5.38 Å². The largest absolute Gasteiger partial charge is 0.383 e. The highest BCUT2D eigenvalue weighted by atomic mass is 32.1. The Morgan fingerprint density at radius 2 is 2.23 bits per heavy atom. The lowest BCUT2D eigenvalue weighted by Gasteiger charge is -2.40. The second-order valence-electron chi connectivity index (χ2n) is 6.40. The van der Waals surface area contributed by atoms with Gasteiger partial charge in [-0.3, -0.25) is 9.80 Å². The lowest BCUT2D eigenvalue weighted by Crippen LogP contribution is -2.50. The summed E-state index contributed by atoms with van der Waals surface area (Å²) in [6, 6.07) is 0.583. The fourth-order valence-corrected chi connectivity index (χ4v) is 4.66. The van der Waals surface area contributed by atoms with Gasteiger partial charge in [0.25, 0.3) is 0 Å². The van der Waals surface area contributed by atoms with Crippen molar-refractivity contribution in [2.75, 3.05) is 47.0 Å². The van der Waals surface area contributed by atoms with Gasteiger partial charge in [-0.2, -0.15) is 0 Å². The van der Waals surface area contributed by atoms with Gasteiger partial charge in [0.15, 0.2) is 0 Å². The molecule has 0 amide bonds. The first-order chi connectivity index (χ1) is 10.7. The molecule has 0 aliphatic carbocycles. The van der Waals surface area contributed by atoms with Gasteiger partial charge in [-0.15, -0.1) is 11.3 Å². The van der Waals surface area contributed by atoms with E-state index in [1.807, 2.05) is 7.11 Å². The summed E-state index contributed by atoms with van der Waals surface area (Å²) < 4.78 is 11.0. The number of ether oxygens (including phenoxy) is 2. The Labute approximate surface area is 137 Å². The zero-order chi connectivity index (χ0) is 15.5. The molecule has 0 bridgehead atoms. The molecule has 0 saturated carbocycles. The highest BCUT2D eigenvalue weighted by molar-refractivity contribution is 7.09. The van der Waals surface area contributed by atoms with Crippen LogP contribution in [0.25, 0.3) is 0 Å². The first-order valence-corrected chi connectivity index (χ1v) is 8.98. The molecule has 0 N–H and O–H groups in total. The van der Waals surface area contributed by atoms with Crippen LogP contribution in [-0.4, -0.2) is 73.9 Å². The van der Waals surface area contributed by atoms with Crippen LogP contribution in [-0.2, 0) is 16.0 Å². The number of fused-ring (bicyclic) bond motifs is 1. The molecule has 2 aliphatic rings. The fourth-order valence-electron chi connectivity index (χ4n) is 3.86. The molecular formula is C16H27N3O2S. The molecule has 0 aromatic carbocycles. The van der Waals surface area contributed by atoms with E-state index in [1.54, 1.807) is 18.4 Å². The SMILES string of the molecule is COCCN1C[C@@H]2[C@@H](OC)CCN(Cc3nc(C)cs3)[C@@H]2C1. The van der Waals surface area contributed by atoms with Gasteiger partial charge in [-0.25, -0.2) is 4.98 Å². The van der Waals surface area contributed by atoms with Crippen LogP contribution < -0.4 is 0 Å². The highest BCUT2D eigenvalue weighted by Crippen LogP contribution is 2.33. The Morgan fingerprint density at radius 1 is 1.36 bits per heavy atom. The molecule has 124 valence electrons. The van der Waals surface area contributed by atoms with Crippen molar-refractivity contribution in [1.29, 1.82) is 0 Å². The van der Waals surface area contributed by atoms with Crippen molar-refractivity contribution in [3.05, 3.63) is 16.1 Å². The minimum absolute atomic E-state index is 0.395. The average molecular weight is 325 g/mol. The molecule has 3 atom stereocenters. The Kier molecular flexibility index (Phi) is 5.46. The highest BCUT2D eigenvalue weighted by Gasteiger charge is 2.44. The average Bonchev–Trinajstić information content (AvgIpc) is 3.12. The van der Waals surface area contributed by atoms with Gasteiger partial charge in [-0.1, -0.05) is 0 Å². The number of hydrogen-bond acceptors (Lipinski definition) is 6. The molecule has 0 radical (unpaired) electrons. The lowest BCUT2D eigenvalue weighted by molar-refractivity contribution is -0.0245. The Hall–Kier alpha value is -0.530. The van der Waals surface area contributed by atoms with Gasteiger partial charge in [0, 0.05) is 63.4 Å². The molecular weight excluding hydrogens is 298 g/mol. The van der Waals surface area contributed by atoms with Crippen molar-refractivity contribution < 1.29 is 9.47 Å². The van der Waals surface area contributed by atoms with E-state index in [4.69, 9.17) is 9.47 Å². The molecule has 0 spiro atoms. The number of aryl methyl sites for hydroxylation is 1. The molecule has 1 aromatic rings.